The summed E-state index contributed by atoms with van der Waals surface area (Å²) in [7, 11) is 0. The maximum atomic E-state index is 11.1. The molecule has 1 aromatic heterocycles. The third-order valence-electron chi connectivity index (χ3n) is 2.16. The van der Waals surface area contributed by atoms with Crippen LogP contribution in [0.5, 0.6) is 0 Å². The zero-order valence-corrected chi connectivity index (χ0v) is 10.1. The highest BCUT2D eigenvalue weighted by Gasteiger charge is 2.00. The Morgan fingerprint density at radius 1 is 1.53 bits per heavy atom. The molecular weight excluding hydrogens is 208 g/mol. The zero-order valence-electron chi connectivity index (χ0n) is 9.30. The summed E-state index contributed by atoms with van der Waals surface area (Å²) in [6.45, 7) is 6.35. The van der Waals surface area contributed by atoms with Crippen molar-refractivity contribution in [2.24, 2.45) is 0 Å². The van der Waals surface area contributed by atoms with Crippen LogP contribution in [-0.2, 0) is 11.3 Å². The number of nitrogens with one attached hydrogen (secondary N) is 2. The average Bonchev–Trinajstić information content (AvgIpc) is 2.60. The Bertz CT molecular complexity index is 309. The van der Waals surface area contributed by atoms with Crippen LogP contribution in [0, 0.1) is 6.92 Å². The minimum absolute atomic E-state index is 0.118. The lowest BCUT2D eigenvalue weighted by Gasteiger charge is -2.04. The molecule has 2 N–H and O–H groups in total. The van der Waals surface area contributed by atoms with Gasteiger partial charge in [0, 0.05) is 30.9 Å². The molecule has 0 aromatic carbocycles. The van der Waals surface area contributed by atoms with E-state index in [0.717, 1.165) is 13.1 Å². The Morgan fingerprint density at radius 3 is 2.93 bits per heavy atom. The molecule has 84 valence electrons. The summed E-state index contributed by atoms with van der Waals surface area (Å²) in [6.07, 6.45) is 0.554. The number of carbonyl (C=O) groups is 1. The predicted octanol–water partition coefficient (Wildman–Crippen LogP) is 1.67. The molecule has 4 heteroatoms. The van der Waals surface area contributed by atoms with Gasteiger partial charge in [-0.1, -0.05) is 0 Å². The monoisotopic (exact) mass is 226 g/mol. The number of carbonyl (C=O) groups excluding carboxylic acids is 1. The van der Waals surface area contributed by atoms with Crippen LogP contribution < -0.4 is 10.6 Å². The van der Waals surface area contributed by atoms with Gasteiger partial charge in [-0.3, -0.25) is 4.79 Å². The highest BCUT2D eigenvalue weighted by Crippen LogP contribution is 2.14. The van der Waals surface area contributed by atoms with Crippen molar-refractivity contribution in [3.05, 3.63) is 21.9 Å². The second-order valence-electron chi connectivity index (χ2n) is 3.41. The van der Waals surface area contributed by atoms with Crippen LogP contribution in [-0.4, -0.2) is 19.0 Å². The molecule has 0 radical (unpaired) electrons. The van der Waals surface area contributed by atoms with Gasteiger partial charge in [-0.15, -0.1) is 11.3 Å². The Kier molecular flexibility index (Phi) is 5.36. The van der Waals surface area contributed by atoms with Gasteiger partial charge in [0.2, 0.25) is 5.91 Å². The van der Waals surface area contributed by atoms with Gasteiger partial charge in [-0.05, 0) is 30.9 Å². The molecule has 1 amide bonds. The van der Waals surface area contributed by atoms with E-state index in [9.17, 15) is 4.79 Å². The van der Waals surface area contributed by atoms with Gasteiger partial charge in [0.25, 0.3) is 0 Å². The van der Waals surface area contributed by atoms with Gasteiger partial charge >= 0.3 is 0 Å². The normalized spacial score (nSPS) is 10.3. The molecule has 0 bridgehead atoms. The summed E-state index contributed by atoms with van der Waals surface area (Å²) < 4.78 is 0. The van der Waals surface area contributed by atoms with Crippen LogP contribution in [0.1, 0.15) is 23.8 Å². The van der Waals surface area contributed by atoms with Gasteiger partial charge in [0.1, 0.15) is 0 Å². The predicted molar refractivity (Wildman–Crippen MR) is 64.1 cm³/mol. The van der Waals surface area contributed by atoms with Crippen LogP contribution in [0.4, 0.5) is 0 Å². The molecule has 0 saturated carbocycles. The third kappa shape index (κ3) is 4.44. The number of aryl methyl sites for hydroxylation is 1. The first-order valence-electron chi connectivity index (χ1n) is 5.24. The van der Waals surface area contributed by atoms with E-state index in [1.165, 1.54) is 10.4 Å². The first kappa shape index (κ1) is 12.2. The van der Waals surface area contributed by atoms with E-state index in [0.29, 0.717) is 13.0 Å². The molecule has 0 aliphatic carbocycles. The lowest BCUT2D eigenvalue weighted by Crippen LogP contribution is -2.27. The summed E-state index contributed by atoms with van der Waals surface area (Å²) >= 11 is 1.76. The smallest absolute Gasteiger partial charge is 0.221 e. The van der Waals surface area contributed by atoms with Crippen molar-refractivity contribution in [2.75, 3.05) is 13.1 Å². The first-order valence-corrected chi connectivity index (χ1v) is 6.12. The van der Waals surface area contributed by atoms with Gasteiger partial charge in [-0.25, -0.2) is 0 Å². The topological polar surface area (TPSA) is 41.1 Å². The van der Waals surface area contributed by atoms with E-state index in [-0.39, 0.29) is 5.91 Å². The van der Waals surface area contributed by atoms with Crippen molar-refractivity contribution in [1.29, 1.82) is 0 Å². The Morgan fingerprint density at radius 2 is 2.33 bits per heavy atom. The summed E-state index contributed by atoms with van der Waals surface area (Å²) in [4.78, 5) is 12.5. The maximum absolute atomic E-state index is 11.1. The van der Waals surface area contributed by atoms with E-state index in [1.807, 2.05) is 6.92 Å². The van der Waals surface area contributed by atoms with Gasteiger partial charge in [0.05, 0.1) is 0 Å². The lowest BCUT2D eigenvalue weighted by molar-refractivity contribution is -0.120. The van der Waals surface area contributed by atoms with E-state index < -0.39 is 0 Å². The number of amides is 1. The molecule has 1 aromatic rings. The van der Waals surface area contributed by atoms with Crippen molar-refractivity contribution < 1.29 is 4.79 Å². The Labute approximate surface area is 94.9 Å². The SMILES string of the molecule is CCNC(=O)CCNCc1sccc1C. The Hall–Kier alpha value is -0.870. The molecule has 0 unspecified atom stereocenters. The zero-order chi connectivity index (χ0) is 11.1. The minimum Gasteiger partial charge on any atom is -0.356 e. The van der Waals surface area contributed by atoms with Crippen molar-refractivity contribution in [1.82, 2.24) is 10.6 Å². The van der Waals surface area contributed by atoms with Crippen molar-refractivity contribution in [2.45, 2.75) is 26.8 Å². The first-order chi connectivity index (χ1) is 7.24. The Balaban J connectivity index is 2.12. The molecule has 0 atom stereocenters. The van der Waals surface area contributed by atoms with E-state index >= 15 is 0 Å². The molecule has 0 spiro atoms. The average molecular weight is 226 g/mol. The number of hydrogen-bond donors (Lipinski definition) is 2. The maximum Gasteiger partial charge on any atom is 0.221 e. The molecule has 0 saturated heterocycles. The van der Waals surface area contributed by atoms with Gasteiger partial charge in [0.15, 0.2) is 0 Å². The highest BCUT2D eigenvalue weighted by molar-refractivity contribution is 7.10. The van der Waals surface area contributed by atoms with Crippen molar-refractivity contribution in [3.63, 3.8) is 0 Å². The number of hydrogen-bond acceptors (Lipinski definition) is 3. The van der Waals surface area contributed by atoms with Crippen LogP contribution >= 0.6 is 11.3 Å². The van der Waals surface area contributed by atoms with Gasteiger partial charge in [-0.2, -0.15) is 0 Å². The molecular formula is C11H18N2OS. The highest BCUT2D eigenvalue weighted by atomic mass is 32.1. The lowest BCUT2D eigenvalue weighted by atomic mass is 10.3. The summed E-state index contributed by atoms with van der Waals surface area (Å²) in [6, 6.07) is 2.12. The van der Waals surface area contributed by atoms with E-state index in [1.54, 1.807) is 11.3 Å². The third-order valence-corrected chi connectivity index (χ3v) is 3.18. The molecule has 1 heterocycles. The largest absolute Gasteiger partial charge is 0.356 e. The second kappa shape index (κ2) is 6.58. The van der Waals surface area contributed by atoms with Crippen LogP contribution in [0.15, 0.2) is 11.4 Å². The summed E-state index contributed by atoms with van der Waals surface area (Å²) in [5.41, 5.74) is 1.32. The molecule has 0 aliphatic heterocycles. The van der Waals surface area contributed by atoms with Crippen molar-refractivity contribution in [3.8, 4) is 0 Å². The fraction of sp³-hybridized carbons (Fsp3) is 0.545. The van der Waals surface area contributed by atoms with Gasteiger partial charge < -0.3 is 10.6 Å². The van der Waals surface area contributed by atoms with Crippen LogP contribution in [0.2, 0.25) is 0 Å². The quantitative estimate of drug-likeness (QED) is 0.725. The van der Waals surface area contributed by atoms with Crippen LogP contribution in [0.25, 0.3) is 0 Å². The number of thiophene rings is 1. The molecule has 3 nitrogen and oxygen atoms in total. The van der Waals surface area contributed by atoms with Crippen molar-refractivity contribution >= 4 is 17.2 Å². The summed E-state index contributed by atoms with van der Waals surface area (Å²) in [5.74, 6) is 0.118. The fourth-order valence-corrected chi connectivity index (χ4v) is 2.15. The van der Waals surface area contributed by atoms with Crippen LogP contribution in [0.3, 0.4) is 0 Å². The number of rotatable bonds is 6. The molecule has 1 rings (SSSR count). The van der Waals surface area contributed by atoms with E-state index in [2.05, 4.69) is 29.0 Å². The van der Waals surface area contributed by atoms with E-state index in [4.69, 9.17) is 0 Å². The fourth-order valence-electron chi connectivity index (χ4n) is 1.27. The molecule has 15 heavy (non-hydrogen) atoms. The standard InChI is InChI=1S/C11H18N2OS/c1-3-13-11(14)4-6-12-8-10-9(2)5-7-15-10/h5,7,12H,3-4,6,8H2,1-2H3,(H,13,14). The molecule has 0 fully saturated rings. The summed E-state index contributed by atoms with van der Waals surface area (Å²) in [5, 5.41) is 8.14. The minimum atomic E-state index is 0.118. The molecule has 0 aliphatic rings. The second-order valence-corrected chi connectivity index (χ2v) is 4.41.